The molecule has 1 fully saturated rings. The second-order valence-electron chi connectivity index (χ2n) is 3.74. The van der Waals surface area contributed by atoms with Crippen LogP contribution in [0.5, 0.6) is 0 Å². The van der Waals surface area contributed by atoms with Crippen LogP contribution in [0.4, 0.5) is 0 Å². The van der Waals surface area contributed by atoms with E-state index in [4.69, 9.17) is 0 Å². The van der Waals surface area contributed by atoms with Crippen molar-refractivity contribution in [2.45, 2.75) is 45.1 Å². The Kier molecular flexibility index (Phi) is 3.31. The molecule has 0 atom stereocenters. The molecule has 0 saturated carbocycles. The topological polar surface area (TPSA) is 40.5 Å². The number of hydrogen-bond donors (Lipinski definition) is 1. The molecule has 0 radical (unpaired) electrons. The molecular formula is C10H19NO2. The molecule has 1 aliphatic rings. The van der Waals surface area contributed by atoms with Crippen molar-refractivity contribution in [3.63, 3.8) is 0 Å². The van der Waals surface area contributed by atoms with Crippen molar-refractivity contribution in [3.05, 3.63) is 0 Å². The predicted octanol–water partition coefficient (Wildman–Crippen LogP) is 1.16. The van der Waals surface area contributed by atoms with Gasteiger partial charge in [0.2, 0.25) is 5.91 Å². The van der Waals surface area contributed by atoms with Gasteiger partial charge in [-0.2, -0.15) is 0 Å². The monoisotopic (exact) mass is 185 g/mol. The van der Waals surface area contributed by atoms with Crippen LogP contribution < -0.4 is 0 Å². The zero-order valence-electron chi connectivity index (χ0n) is 8.55. The van der Waals surface area contributed by atoms with E-state index in [9.17, 15) is 9.90 Å². The molecule has 0 aliphatic carbocycles. The summed E-state index contributed by atoms with van der Waals surface area (Å²) in [5.74, 6) is 0.206. The van der Waals surface area contributed by atoms with Gasteiger partial charge in [0.25, 0.3) is 0 Å². The number of amides is 1. The number of aliphatic hydroxyl groups is 1. The van der Waals surface area contributed by atoms with Gasteiger partial charge in [-0.15, -0.1) is 0 Å². The lowest BCUT2D eigenvalue weighted by molar-refractivity contribution is -0.135. The van der Waals surface area contributed by atoms with E-state index in [0.717, 1.165) is 25.8 Å². The third-order valence-corrected chi connectivity index (χ3v) is 3.26. The summed E-state index contributed by atoms with van der Waals surface area (Å²) >= 11 is 0. The van der Waals surface area contributed by atoms with Gasteiger partial charge in [-0.3, -0.25) is 4.79 Å². The third kappa shape index (κ3) is 1.70. The van der Waals surface area contributed by atoms with Gasteiger partial charge in [0.15, 0.2) is 0 Å². The van der Waals surface area contributed by atoms with E-state index >= 15 is 0 Å². The summed E-state index contributed by atoms with van der Waals surface area (Å²) in [7, 11) is 0. The summed E-state index contributed by atoms with van der Waals surface area (Å²) in [6.45, 7) is 4.98. The van der Waals surface area contributed by atoms with Crippen LogP contribution in [0.3, 0.4) is 0 Å². The molecule has 0 unspecified atom stereocenters. The molecule has 1 amide bonds. The molecule has 1 heterocycles. The van der Waals surface area contributed by atoms with E-state index in [0.29, 0.717) is 6.42 Å². The third-order valence-electron chi connectivity index (χ3n) is 3.26. The van der Waals surface area contributed by atoms with Crippen LogP contribution >= 0.6 is 0 Å². The first kappa shape index (κ1) is 10.5. The molecule has 3 heteroatoms. The van der Waals surface area contributed by atoms with Crippen LogP contribution in [0.15, 0.2) is 0 Å². The summed E-state index contributed by atoms with van der Waals surface area (Å²) in [4.78, 5) is 13.4. The van der Waals surface area contributed by atoms with Crippen LogP contribution in [-0.4, -0.2) is 34.6 Å². The van der Waals surface area contributed by atoms with Gasteiger partial charge < -0.3 is 10.0 Å². The van der Waals surface area contributed by atoms with E-state index in [1.165, 1.54) is 0 Å². The lowest BCUT2D eigenvalue weighted by atomic mass is 9.92. The fraction of sp³-hybridized carbons (Fsp3) is 0.900. The quantitative estimate of drug-likeness (QED) is 0.714. The van der Waals surface area contributed by atoms with Crippen molar-refractivity contribution in [1.82, 2.24) is 4.90 Å². The highest BCUT2D eigenvalue weighted by molar-refractivity contribution is 5.79. The molecule has 1 saturated heterocycles. The van der Waals surface area contributed by atoms with Gasteiger partial charge in [-0.25, -0.2) is 0 Å². The minimum atomic E-state index is -0.284. The highest BCUT2D eigenvalue weighted by Crippen LogP contribution is 2.28. The molecule has 0 aromatic heterocycles. The van der Waals surface area contributed by atoms with E-state index < -0.39 is 0 Å². The molecule has 0 aromatic rings. The van der Waals surface area contributed by atoms with Crippen LogP contribution in [-0.2, 0) is 4.79 Å². The number of aliphatic hydroxyl groups excluding tert-OH is 1. The molecule has 76 valence electrons. The van der Waals surface area contributed by atoms with Gasteiger partial charge in [0.1, 0.15) is 0 Å². The van der Waals surface area contributed by atoms with Crippen molar-refractivity contribution in [1.29, 1.82) is 0 Å². The maximum absolute atomic E-state index is 11.5. The van der Waals surface area contributed by atoms with Crippen molar-refractivity contribution in [3.8, 4) is 0 Å². The molecule has 1 aliphatic heterocycles. The van der Waals surface area contributed by atoms with Crippen molar-refractivity contribution in [2.24, 2.45) is 0 Å². The first-order valence-corrected chi connectivity index (χ1v) is 5.11. The first-order chi connectivity index (χ1) is 6.20. The fourth-order valence-corrected chi connectivity index (χ4v) is 2.09. The Hall–Kier alpha value is -0.570. The molecule has 0 aromatic carbocycles. The fourth-order valence-electron chi connectivity index (χ4n) is 2.09. The smallest absolute Gasteiger partial charge is 0.223 e. The standard InChI is InChI=1S/C10H19NO2/c1-3-10(4-2,8-12)11-7-5-6-9(11)13/h12H,3-8H2,1-2H3. The Balaban J connectivity index is 2.79. The van der Waals surface area contributed by atoms with E-state index in [2.05, 4.69) is 0 Å². The Labute approximate surface area is 79.7 Å². The zero-order valence-corrected chi connectivity index (χ0v) is 8.55. The van der Waals surface area contributed by atoms with Gasteiger partial charge >= 0.3 is 0 Å². The summed E-state index contributed by atoms with van der Waals surface area (Å²) < 4.78 is 0. The molecule has 0 bridgehead atoms. The van der Waals surface area contributed by atoms with Crippen molar-refractivity contribution < 1.29 is 9.90 Å². The van der Waals surface area contributed by atoms with Crippen LogP contribution in [0.1, 0.15) is 39.5 Å². The highest BCUT2D eigenvalue weighted by Gasteiger charge is 2.38. The second-order valence-corrected chi connectivity index (χ2v) is 3.74. The molecular weight excluding hydrogens is 166 g/mol. The number of carbonyl (C=O) groups is 1. The summed E-state index contributed by atoms with van der Waals surface area (Å²) in [5.41, 5.74) is -0.284. The van der Waals surface area contributed by atoms with Crippen molar-refractivity contribution >= 4 is 5.91 Å². The largest absolute Gasteiger partial charge is 0.394 e. The summed E-state index contributed by atoms with van der Waals surface area (Å²) in [5, 5.41) is 9.36. The SMILES string of the molecule is CCC(CC)(CO)N1CCCC1=O. The van der Waals surface area contributed by atoms with Gasteiger partial charge in [-0.05, 0) is 19.3 Å². The number of carbonyl (C=O) groups excluding carboxylic acids is 1. The van der Waals surface area contributed by atoms with Crippen LogP contribution in [0.25, 0.3) is 0 Å². The van der Waals surface area contributed by atoms with Gasteiger partial charge in [-0.1, -0.05) is 13.8 Å². The predicted molar refractivity (Wildman–Crippen MR) is 51.3 cm³/mol. The average molecular weight is 185 g/mol. The molecule has 3 nitrogen and oxygen atoms in total. The Morgan fingerprint density at radius 2 is 2.08 bits per heavy atom. The lowest BCUT2D eigenvalue weighted by Crippen LogP contribution is -2.51. The normalized spacial score (nSPS) is 18.4. The number of nitrogens with zero attached hydrogens (tertiary/aromatic N) is 1. The van der Waals surface area contributed by atoms with E-state index in [-0.39, 0.29) is 18.1 Å². The summed E-state index contributed by atoms with van der Waals surface area (Å²) in [6, 6.07) is 0. The van der Waals surface area contributed by atoms with Crippen LogP contribution in [0, 0.1) is 0 Å². The Morgan fingerprint density at radius 3 is 2.38 bits per heavy atom. The highest BCUT2D eigenvalue weighted by atomic mass is 16.3. The maximum Gasteiger partial charge on any atom is 0.223 e. The average Bonchev–Trinajstić information content (AvgIpc) is 2.57. The van der Waals surface area contributed by atoms with E-state index in [1.807, 2.05) is 18.7 Å². The summed E-state index contributed by atoms with van der Waals surface area (Å²) in [6.07, 6.45) is 3.28. The number of likely N-dealkylation sites (tertiary alicyclic amines) is 1. The van der Waals surface area contributed by atoms with Crippen molar-refractivity contribution in [2.75, 3.05) is 13.2 Å². The minimum absolute atomic E-state index is 0.0890. The lowest BCUT2D eigenvalue weighted by Gasteiger charge is -2.39. The molecule has 13 heavy (non-hydrogen) atoms. The zero-order chi connectivity index (χ0) is 9.90. The second kappa shape index (κ2) is 4.09. The minimum Gasteiger partial charge on any atom is -0.394 e. The molecule has 1 N–H and O–H groups in total. The van der Waals surface area contributed by atoms with Gasteiger partial charge in [0, 0.05) is 13.0 Å². The molecule has 1 rings (SSSR count). The number of hydrogen-bond acceptors (Lipinski definition) is 2. The first-order valence-electron chi connectivity index (χ1n) is 5.11. The number of rotatable bonds is 4. The Morgan fingerprint density at radius 1 is 1.46 bits per heavy atom. The van der Waals surface area contributed by atoms with Crippen LogP contribution in [0.2, 0.25) is 0 Å². The van der Waals surface area contributed by atoms with Gasteiger partial charge in [0.05, 0.1) is 12.1 Å². The Bertz CT molecular complexity index is 179. The maximum atomic E-state index is 11.5. The molecule has 0 spiro atoms. The van der Waals surface area contributed by atoms with E-state index in [1.54, 1.807) is 0 Å².